The van der Waals surface area contributed by atoms with Crippen LogP contribution in [0, 0.1) is 5.92 Å². The predicted molar refractivity (Wildman–Crippen MR) is 68.4 cm³/mol. The van der Waals surface area contributed by atoms with Crippen LogP contribution in [0.15, 0.2) is 0 Å². The smallest absolute Gasteiger partial charge is 0.309 e. The fraction of sp³-hybridized carbons (Fsp3) is 0.929. The summed E-state index contributed by atoms with van der Waals surface area (Å²) < 4.78 is 5.37. The van der Waals surface area contributed by atoms with Gasteiger partial charge in [-0.05, 0) is 26.2 Å². The van der Waals surface area contributed by atoms with Crippen molar-refractivity contribution in [3.05, 3.63) is 0 Å². The molecule has 0 aliphatic carbocycles. The lowest BCUT2D eigenvalue weighted by molar-refractivity contribution is -0.153. The molecule has 2 atom stereocenters. The molecule has 0 radical (unpaired) electrons. The Hall–Kier alpha value is -0.530. The first-order valence-electron chi connectivity index (χ1n) is 6.86. The van der Waals surface area contributed by atoms with Gasteiger partial charge in [0.15, 0.2) is 0 Å². The first-order valence-corrected chi connectivity index (χ1v) is 6.86. The highest BCUT2D eigenvalue weighted by atomic mass is 16.5. The molecule has 0 spiro atoms. The highest BCUT2D eigenvalue weighted by Gasteiger charge is 2.19. The van der Waals surface area contributed by atoms with E-state index in [1.165, 1.54) is 19.3 Å². The van der Waals surface area contributed by atoms with Crippen LogP contribution in [-0.4, -0.2) is 12.1 Å². The van der Waals surface area contributed by atoms with Crippen molar-refractivity contribution in [2.24, 2.45) is 5.92 Å². The fourth-order valence-corrected chi connectivity index (χ4v) is 1.68. The van der Waals surface area contributed by atoms with Crippen LogP contribution in [0.5, 0.6) is 0 Å². The van der Waals surface area contributed by atoms with Gasteiger partial charge >= 0.3 is 5.97 Å². The van der Waals surface area contributed by atoms with Gasteiger partial charge < -0.3 is 4.74 Å². The highest BCUT2D eigenvalue weighted by Crippen LogP contribution is 2.17. The molecule has 0 fully saturated rings. The van der Waals surface area contributed by atoms with Crippen molar-refractivity contribution in [1.82, 2.24) is 0 Å². The van der Waals surface area contributed by atoms with E-state index >= 15 is 0 Å². The molecule has 2 nitrogen and oxygen atoms in total. The summed E-state index contributed by atoms with van der Waals surface area (Å²) in [6, 6.07) is 0. The molecular weight excluding hydrogens is 200 g/mol. The molecule has 0 bridgehead atoms. The summed E-state index contributed by atoms with van der Waals surface area (Å²) in [6.07, 6.45) is 7.78. The number of hydrogen-bond acceptors (Lipinski definition) is 2. The largest absolute Gasteiger partial charge is 0.462 e. The monoisotopic (exact) mass is 228 g/mol. The van der Waals surface area contributed by atoms with E-state index in [9.17, 15) is 4.79 Å². The second-order valence-electron chi connectivity index (χ2n) is 4.61. The molecule has 0 saturated heterocycles. The van der Waals surface area contributed by atoms with E-state index in [-0.39, 0.29) is 18.0 Å². The Morgan fingerprint density at radius 1 is 1.06 bits per heavy atom. The van der Waals surface area contributed by atoms with Crippen molar-refractivity contribution in [1.29, 1.82) is 0 Å². The van der Waals surface area contributed by atoms with Gasteiger partial charge in [-0.15, -0.1) is 0 Å². The summed E-state index contributed by atoms with van der Waals surface area (Å²) in [6.45, 7) is 8.28. The number of ether oxygens (including phenoxy) is 1. The molecule has 0 heterocycles. The van der Waals surface area contributed by atoms with Crippen LogP contribution in [0.25, 0.3) is 0 Å². The van der Waals surface area contributed by atoms with Crippen molar-refractivity contribution in [2.45, 2.75) is 78.7 Å². The lowest BCUT2D eigenvalue weighted by atomic mass is 9.98. The molecule has 0 aromatic rings. The van der Waals surface area contributed by atoms with Crippen molar-refractivity contribution in [3.63, 3.8) is 0 Å². The van der Waals surface area contributed by atoms with E-state index in [2.05, 4.69) is 13.8 Å². The molecule has 0 aliphatic rings. The molecule has 2 unspecified atom stereocenters. The van der Waals surface area contributed by atoms with Gasteiger partial charge in [0.1, 0.15) is 0 Å². The number of hydrogen-bond donors (Lipinski definition) is 0. The van der Waals surface area contributed by atoms with Crippen LogP contribution < -0.4 is 0 Å². The molecule has 0 N–H and O–H groups in total. The Bertz CT molecular complexity index is 178. The SMILES string of the molecule is CCCCCCC(CC)C(=O)OC(C)CC. The van der Waals surface area contributed by atoms with Crippen molar-refractivity contribution in [2.75, 3.05) is 0 Å². The summed E-state index contributed by atoms with van der Waals surface area (Å²) in [7, 11) is 0. The summed E-state index contributed by atoms with van der Waals surface area (Å²) in [5.74, 6) is 0.124. The number of unbranched alkanes of at least 4 members (excludes halogenated alkanes) is 3. The average molecular weight is 228 g/mol. The number of rotatable bonds is 9. The Morgan fingerprint density at radius 2 is 1.75 bits per heavy atom. The van der Waals surface area contributed by atoms with Gasteiger partial charge in [0.05, 0.1) is 12.0 Å². The van der Waals surface area contributed by atoms with Gasteiger partial charge in [-0.25, -0.2) is 0 Å². The Morgan fingerprint density at radius 3 is 2.25 bits per heavy atom. The molecule has 2 heteroatoms. The first-order chi connectivity index (χ1) is 7.65. The van der Waals surface area contributed by atoms with Gasteiger partial charge in [-0.3, -0.25) is 4.79 Å². The van der Waals surface area contributed by atoms with Crippen LogP contribution in [0.1, 0.15) is 72.6 Å². The molecule has 0 saturated carbocycles. The quantitative estimate of drug-likeness (QED) is 0.434. The van der Waals surface area contributed by atoms with Crippen LogP contribution in [0.2, 0.25) is 0 Å². The zero-order valence-electron chi connectivity index (χ0n) is 11.4. The Labute approximate surface area is 101 Å². The molecule has 0 aliphatic heterocycles. The van der Waals surface area contributed by atoms with Crippen molar-refractivity contribution < 1.29 is 9.53 Å². The maximum atomic E-state index is 11.8. The van der Waals surface area contributed by atoms with Crippen molar-refractivity contribution in [3.8, 4) is 0 Å². The zero-order chi connectivity index (χ0) is 12.4. The topological polar surface area (TPSA) is 26.3 Å². The standard InChI is InChI=1S/C14H28O2/c1-5-8-9-10-11-13(7-3)14(15)16-12(4)6-2/h12-13H,5-11H2,1-4H3. The number of carbonyl (C=O) groups excluding carboxylic acids is 1. The van der Waals surface area contributed by atoms with Crippen LogP contribution >= 0.6 is 0 Å². The van der Waals surface area contributed by atoms with E-state index in [4.69, 9.17) is 4.74 Å². The van der Waals surface area contributed by atoms with Gasteiger partial charge in [-0.2, -0.15) is 0 Å². The molecule has 0 aromatic heterocycles. The minimum Gasteiger partial charge on any atom is -0.462 e. The minimum atomic E-state index is 0.00773. The normalized spacial score (nSPS) is 14.5. The minimum absolute atomic E-state index is 0.00773. The lowest BCUT2D eigenvalue weighted by Gasteiger charge is -2.17. The molecular formula is C14H28O2. The second kappa shape index (κ2) is 9.68. The molecule has 0 rings (SSSR count). The van der Waals surface area contributed by atoms with Crippen LogP contribution in [0.4, 0.5) is 0 Å². The predicted octanol–water partition coefficient (Wildman–Crippen LogP) is 4.32. The molecule has 0 aromatic carbocycles. The maximum absolute atomic E-state index is 11.8. The van der Waals surface area contributed by atoms with Crippen LogP contribution in [0.3, 0.4) is 0 Å². The number of esters is 1. The fourth-order valence-electron chi connectivity index (χ4n) is 1.68. The Kier molecular flexibility index (Phi) is 9.36. The van der Waals surface area contributed by atoms with E-state index in [1.807, 2.05) is 13.8 Å². The van der Waals surface area contributed by atoms with Gasteiger partial charge in [0, 0.05) is 0 Å². The summed E-state index contributed by atoms with van der Waals surface area (Å²) in [5.41, 5.74) is 0. The maximum Gasteiger partial charge on any atom is 0.309 e. The van der Waals surface area contributed by atoms with Crippen molar-refractivity contribution >= 4 is 5.97 Å². The lowest BCUT2D eigenvalue weighted by Crippen LogP contribution is -2.22. The molecule has 16 heavy (non-hydrogen) atoms. The van der Waals surface area contributed by atoms with Crippen LogP contribution in [-0.2, 0) is 9.53 Å². The third-order valence-electron chi connectivity index (χ3n) is 3.12. The van der Waals surface area contributed by atoms with Gasteiger partial charge in [0.25, 0.3) is 0 Å². The Balaban J connectivity index is 3.83. The molecule has 0 amide bonds. The van der Waals surface area contributed by atoms with E-state index < -0.39 is 0 Å². The summed E-state index contributed by atoms with van der Waals surface area (Å²) in [4.78, 5) is 11.8. The third kappa shape index (κ3) is 6.86. The second-order valence-corrected chi connectivity index (χ2v) is 4.61. The van der Waals surface area contributed by atoms with Gasteiger partial charge in [-0.1, -0.05) is 46.5 Å². The van der Waals surface area contributed by atoms with E-state index in [0.717, 1.165) is 25.7 Å². The van der Waals surface area contributed by atoms with E-state index in [0.29, 0.717) is 0 Å². The summed E-state index contributed by atoms with van der Waals surface area (Å²) in [5, 5.41) is 0. The highest BCUT2D eigenvalue weighted by molar-refractivity contribution is 5.72. The zero-order valence-corrected chi connectivity index (χ0v) is 11.4. The van der Waals surface area contributed by atoms with Gasteiger partial charge in [0.2, 0.25) is 0 Å². The summed E-state index contributed by atoms with van der Waals surface area (Å²) >= 11 is 0. The third-order valence-corrected chi connectivity index (χ3v) is 3.12. The number of carbonyl (C=O) groups is 1. The first kappa shape index (κ1) is 15.5. The average Bonchev–Trinajstić information content (AvgIpc) is 2.28. The van der Waals surface area contributed by atoms with E-state index in [1.54, 1.807) is 0 Å². The molecule has 96 valence electrons.